The van der Waals surface area contributed by atoms with Gasteiger partial charge < -0.3 is 14.4 Å². The summed E-state index contributed by atoms with van der Waals surface area (Å²) >= 11 is 0. The Morgan fingerprint density at radius 3 is 3.20 bits per heavy atom. The molecule has 1 aromatic rings. The molecule has 0 bridgehead atoms. The summed E-state index contributed by atoms with van der Waals surface area (Å²) in [4.78, 5) is 6.15. The van der Waals surface area contributed by atoms with Crippen molar-refractivity contribution in [3.05, 3.63) is 12.2 Å². The van der Waals surface area contributed by atoms with Crippen molar-refractivity contribution in [1.82, 2.24) is 15.0 Å². The van der Waals surface area contributed by atoms with Crippen molar-refractivity contribution in [1.29, 1.82) is 0 Å². The van der Waals surface area contributed by atoms with Gasteiger partial charge in [-0.2, -0.15) is 4.98 Å². The molecule has 1 fully saturated rings. The molecule has 0 spiro atoms. The molecule has 1 N–H and O–H groups in total. The molecule has 1 aliphatic heterocycles. The second kappa shape index (κ2) is 4.69. The number of ether oxygens (including phenoxy) is 1. The van der Waals surface area contributed by atoms with Gasteiger partial charge in [0.05, 0.1) is 25.9 Å². The molecule has 84 valence electrons. The number of morpholine rings is 1. The Labute approximate surface area is 87.8 Å². The van der Waals surface area contributed by atoms with Crippen LogP contribution in [0.15, 0.2) is 10.9 Å². The maximum Gasteiger partial charge on any atom is 0.213 e. The van der Waals surface area contributed by atoms with Crippen molar-refractivity contribution < 1.29 is 14.4 Å². The highest BCUT2D eigenvalue weighted by molar-refractivity contribution is 4.84. The molecule has 6 heteroatoms. The van der Waals surface area contributed by atoms with Gasteiger partial charge in [0, 0.05) is 12.6 Å². The van der Waals surface area contributed by atoms with Gasteiger partial charge in [-0.25, -0.2) is 0 Å². The van der Waals surface area contributed by atoms with E-state index in [1.165, 1.54) is 6.39 Å². The van der Waals surface area contributed by atoms with E-state index in [0.29, 0.717) is 31.6 Å². The first-order chi connectivity index (χ1) is 7.29. The first-order valence-corrected chi connectivity index (χ1v) is 5.01. The summed E-state index contributed by atoms with van der Waals surface area (Å²) in [6.45, 7) is 4.09. The minimum atomic E-state index is -0.104. The maximum atomic E-state index is 9.02. The van der Waals surface area contributed by atoms with Crippen molar-refractivity contribution in [2.45, 2.75) is 25.6 Å². The van der Waals surface area contributed by atoms with Gasteiger partial charge in [-0.15, -0.1) is 0 Å². The Morgan fingerprint density at radius 2 is 2.53 bits per heavy atom. The molecule has 2 unspecified atom stereocenters. The highest BCUT2D eigenvalue weighted by atomic mass is 16.5. The summed E-state index contributed by atoms with van der Waals surface area (Å²) in [5.74, 6) is 0.667. The van der Waals surface area contributed by atoms with E-state index in [9.17, 15) is 0 Å². The predicted molar refractivity (Wildman–Crippen MR) is 51.0 cm³/mol. The van der Waals surface area contributed by atoms with Crippen LogP contribution in [-0.2, 0) is 11.3 Å². The summed E-state index contributed by atoms with van der Waals surface area (Å²) in [6, 6.07) is 0.311. The summed E-state index contributed by atoms with van der Waals surface area (Å²) < 4.78 is 10.1. The summed E-state index contributed by atoms with van der Waals surface area (Å²) in [5.41, 5.74) is 0. The van der Waals surface area contributed by atoms with Gasteiger partial charge >= 0.3 is 0 Å². The Kier molecular flexibility index (Phi) is 3.30. The third-order valence-corrected chi connectivity index (χ3v) is 2.59. The molecule has 2 atom stereocenters. The average Bonchev–Trinajstić information content (AvgIpc) is 2.74. The third-order valence-electron chi connectivity index (χ3n) is 2.59. The van der Waals surface area contributed by atoms with Crippen LogP contribution in [0, 0.1) is 0 Å². The molecule has 2 heterocycles. The Hall–Kier alpha value is -0.980. The zero-order chi connectivity index (χ0) is 10.7. The van der Waals surface area contributed by atoms with E-state index in [1.54, 1.807) is 0 Å². The standard InChI is InChI=1S/C9H15N3O3/c1-7-5-14-8(4-13)2-12(7)3-9-10-6-15-11-9/h6-8,13H,2-5H2,1H3. The summed E-state index contributed by atoms with van der Waals surface area (Å²) in [7, 11) is 0. The molecular weight excluding hydrogens is 198 g/mol. The first kappa shape index (κ1) is 10.5. The molecule has 1 aliphatic rings. The predicted octanol–water partition coefficient (Wildman–Crippen LogP) is -0.349. The Bertz CT molecular complexity index is 291. The molecule has 0 saturated carbocycles. The van der Waals surface area contributed by atoms with Crippen LogP contribution in [0.1, 0.15) is 12.7 Å². The molecule has 15 heavy (non-hydrogen) atoms. The number of aliphatic hydroxyl groups is 1. The maximum absolute atomic E-state index is 9.02. The number of hydrogen-bond donors (Lipinski definition) is 1. The number of aliphatic hydroxyl groups excluding tert-OH is 1. The molecular formula is C9H15N3O3. The lowest BCUT2D eigenvalue weighted by Gasteiger charge is -2.36. The van der Waals surface area contributed by atoms with E-state index in [0.717, 1.165) is 0 Å². The van der Waals surface area contributed by atoms with E-state index in [2.05, 4.69) is 26.5 Å². The Morgan fingerprint density at radius 1 is 1.67 bits per heavy atom. The number of hydrogen-bond acceptors (Lipinski definition) is 6. The smallest absolute Gasteiger partial charge is 0.213 e. The first-order valence-electron chi connectivity index (χ1n) is 5.01. The minimum absolute atomic E-state index is 0.0511. The van der Waals surface area contributed by atoms with Gasteiger partial charge in [-0.3, -0.25) is 4.90 Å². The summed E-state index contributed by atoms with van der Waals surface area (Å²) in [6.07, 6.45) is 1.22. The van der Waals surface area contributed by atoms with Gasteiger partial charge in [0.25, 0.3) is 0 Å². The van der Waals surface area contributed by atoms with Crippen LogP contribution in [0.5, 0.6) is 0 Å². The fourth-order valence-corrected chi connectivity index (χ4v) is 1.65. The lowest BCUT2D eigenvalue weighted by Crippen LogP contribution is -2.48. The molecule has 0 amide bonds. The SMILES string of the molecule is CC1COC(CO)CN1Cc1ncon1. The fourth-order valence-electron chi connectivity index (χ4n) is 1.65. The topological polar surface area (TPSA) is 71.6 Å². The fraction of sp³-hybridized carbons (Fsp3) is 0.778. The van der Waals surface area contributed by atoms with Crippen LogP contribution in [0.2, 0.25) is 0 Å². The zero-order valence-electron chi connectivity index (χ0n) is 8.67. The number of aromatic nitrogens is 2. The van der Waals surface area contributed by atoms with Gasteiger partial charge in [-0.05, 0) is 6.92 Å². The van der Waals surface area contributed by atoms with Crippen LogP contribution in [0.3, 0.4) is 0 Å². The Balaban J connectivity index is 1.94. The molecule has 0 aliphatic carbocycles. The molecule has 6 nitrogen and oxygen atoms in total. The lowest BCUT2D eigenvalue weighted by molar-refractivity contribution is -0.0813. The number of nitrogens with zero attached hydrogens (tertiary/aromatic N) is 3. The average molecular weight is 213 g/mol. The van der Waals surface area contributed by atoms with E-state index in [1.807, 2.05) is 0 Å². The van der Waals surface area contributed by atoms with Crippen molar-refractivity contribution in [2.75, 3.05) is 19.8 Å². The highest BCUT2D eigenvalue weighted by Gasteiger charge is 2.26. The molecule has 0 aromatic carbocycles. The van der Waals surface area contributed by atoms with E-state index in [-0.39, 0.29) is 12.7 Å². The van der Waals surface area contributed by atoms with Crippen LogP contribution in [0.4, 0.5) is 0 Å². The van der Waals surface area contributed by atoms with E-state index in [4.69, 9.17) is 9.84 Å². The van der Waals surface area contributed by atoms with Gasteiger partial charge in [-0.1, -0.05) is 5.16 Å². The lowest BCUT2D eigenvalue weighted by atomic mass is 10.2. The van der Waals surface area contributed by atoms with Crippen molar-refractivity contribution in [2.24, 2.45) is 0 Å². The minimum Gasteiger partial charge on any atom is -0.394 e. The van der Waals surface area contributed by atoms with Gasteiger partial charge in [0.15, 0.2) is 5.82 Å². The largest absolute Gasteiger partial charge is 0.394 e. The quantitative estimate of drug-likeness (QED) is 0.740. The molecule has 1 saturated heterocycles. The van der Waals surface area contributed by atoms with Crippen LogP contribution in [0.25, 0.3) is 0 Å². The van der Waals surface area contributed by atoms with Crippen molar-refractivity contribution >= 4 is 0 Å². The number of rotatable bonds is 3. The van der Waals surface area contributed by atoms with Gasteiger partial charge in [0.1, 0.15) is 0 Å². The molecule has 1 aromatic heterocycles. The van der Waals surface area contributed by atoms with Crippen LogP contribution >= 0.6 is 0 Å². The normalized spacial score (nSPS) is 28.1. The summed E-state index contributed by atoms with van der Waals surface area (Å²) in [5, 5.41) is 12.8. The highest BCUT2D eigenvalue weighted by Crippen LogP contribution is 2.13. The van der Waals surface area contributed by atoms with Crippen molar-refractivity contribution in [3.8, 4) is 0 Å². The van der Waals surface area contributed by atoms with E-state index >= 15 is 0 Å². The van der Waals surface area contributed by atoms with Gasteiger partial charge in [0.2, 0.25) is 6.39 Å². The van der Waals surface area contributed by atoms with Crippen molar-refractivity contribution in [3.63, 3.8) is 0 Å². The molecule has 0 radical (unpaired) electrons. The second-order valence-corrected chi connectivity index (χ2v) is 3.76. The van der Waals surface area contributed by atoms with E-state index < -0.39 is 0 Å². The molecule has 2 rings (SSSR count). The third kappa shape index (κ3) is 2.53. The zero-order valence-corrected chi connectivity index (χ0v) is 8.67. The van der Waals surface area contributed by atoms with Crippen LogP contribution < -0.4 is 0 Å². The second-order valence-electron chi connectivity index (χ2n) is 3.76. The van der Waals surface area contributed by atoms with Crippen LogP contribution in [-0.4, -0.2) is 52.1 Å². The monoisotopic (exact) mass is 213 g/mol.